The standard InChI is InChI=1S/C15H15FN2O2/c1-20-14-7-6-12(8-13(14)16)18-15(19)11-4-2-10(9-17)3-5-11/h2-8H,9,17H2,1H3,(H,18,19). The summed E-state index contributed by atoms with van der Waals surface area (Å²) in [5.74, 6) is -0.697. The summed E-state index contributed by atoms with van der Waals surface area (Å²) in [6, 6.07) is 11.2. The van der Waals surface area contributed by atoms with Crippen molar-refractivity contribution in [3.05, 3.63) is 59.4 Å². The van der Waals surface area contributed by atoms with Gasteiger partial charge in [0.25, 0.3) is 5.91 Å². The summed E-state index contributed by atoms with van der Waals surface area (Å²) in [6.07, 6.45) is 0. The van der Waals surface area contributed by atoms with Crippen LogP contribution in [0.4, 0.5) is 10.1 Å². The highest BCUT2D eigenvalue weighted by atomic mass is 19.1. The van der Waals surface area contributed by atoms with E-state index in [1.165, 1.54) is 19.2 Å². The van der Waals surface area contributed by atoms with E-state index in [9.17, 15) is 9.18 Å². The van der Waals surface area contributed by atoms with Crippen LogP contribution in [0.2, 0.25) is 0 Å². The Bertz CT molecular complexity index is 612. The summed E-state index contributed by atoms with van der Waals surface area (Å²) in [6.45, 7) is 0.422. The van der Waals surface area contributed by atoms with Crippen LogP contribution in [0.3, 0.4) is 0 Å². The van der Waals surface area contributed by atoms with Crippen molar-refractivity contribution in [2.24, 2.45) is 5.73 Å². The Kier molecular flexibility index (Phi) is 4.32. The Morgan fingerprint density at radius 3 is 2.50 bits per heavy atom. The Morgan fingerprint density at radius 1 is 1.25 bits per heavy atom. The van der Waals surface area contributed by atoms with E-state index in [1.807, 2.05) is 0 Å². The molecule has 0 aliphatic heterocycles. The van der Waals surface area contributed by atoms with Gasteiger partial charge in [0.15, 0.2) is 11.6 Å². The molecule has 0 atom stereocenters. The number of ether oxygens (including phenoxy) is 1. The maximum Gasteiger partial charge on any atom is 0.255 e. The van der Waals surface area contributed by atoms with E-state index in [0.29, 0.717) is 17.8 Å². The third-order valence-electron chi connectivity index (χ3n) is 2.86. The van der Waals surface area contributed by atoms with Crippen LogP contribution in [0.5, 0.6) is 5.75 Å². The van der Waals surface area contributed by atoms with Crippen LogP contribution in [-0.2, 0) is 6.54 Å². The molecule has 20 heavy (non-hydrogen) atoms. The molecule has 4 nitrogen and oxygen atoms in total. The lowest BCUT2D eigenvalue weighted by Crippen LogP contribution is -2.12. The molecule has 0 saturated carbocycles. The lowest BCUT2D eigenvalue weighted by atomic mass is 10.1. The van der Waals surface area contributed by atoms with E-state index < -0.39 is 5.82 Å². The molecule has 0 radical (unpaired) electrons. The highest BCUT2D eigenvalue weighted by Crippen LogP contribution is 2.21. The van der Waals surface area contributed by atoms with E-state index in [-0.39, 0.29) is 11.7 Å². The number of carbonyl (C=O) groups excluding carboxylic acids is 1. The fraction of sp³-hybridized carbons (Fsp3) is 0.133. The average molecular weight is 274 g/mol. The number of rotatable bonds is 4. The lowest BCUT2D eigenvalue weighted by molar-refractivity contribution is 0.102. The summed E-state index contributed by atoms with van der Waals surface area (Å²) < 4.78 is 18.3. The van der Waals surface area contributed by atoms with Crippen molar-refractivity contribution in [2.75, 3.05) is 12.4 Å². The number of hydrogen-bond acceptors (Lipinski definition) is 3. The minimum absolute atomic E-state index is 0.135. The van der Waals surface area contributed by atoms with Gasteiger partial charge in [-0.15, -0.1) is 0 Å². The number of nitrogens with one attached hydrogen (secondary N) is 1. The Hall–Kier alpha value is -2.40. The molecule has 2 rings (SSSR count). The number of halogens is 1. The summed E-state index contributed by atoms with van der Waals surface area (Å²) in [4.78, 5) is 12.0. The second kappa shape index (κ2) is 6.16. The van der Waals surface area contributed by atoms with E-state index in [1.54, 1.807) is 30.3 Å². The van der Waals surface area contributed by atoms with Crippen molar-refractivity contribution in [3.63, 3.8) is 0 Å². The minimum atomic E-state index is -0.524. The first-order valence-corrected chi connectivity index (χ1v) is 6.08. The van der Waals surface area contributed by atoms with Gasteiger partial charge in [-0.3, -0.25) is 4.79 Å². The fourth-order valence-corrected chi connectivity index (χ4v) is 1.74. The quantitative estimate of drug-likeness (QED) is 0.900. The molecule has 0 bridgehead atoms. The Labute approximate surface area is 116 Å². The van der Waals surface area contributed by atoms with Gasteiger partial charge in [0.1, 0.15) is 0 Å². The molecular formula is C15H15FN2O2. The van der Waals surface area contributed by atoms with Crippen LogP contribution < -0.4 is 15.8 Å². The molecule has 0 aliphatic rings. The molecule has 0 fully saturated rings. The van der Waals surface area contributed by atoms with Crippen LogP contribution in [-0.4, -0.2) is 13.0 Å². The first kappa shape index (κ1) is 14.0. The molecule has 0 spiro atoms. The molecule has 2 aromatic carbocycles. The number of carbonyl (C=O) groups is 1. The first-order chi connectivity index (χ1) is 9.63. The van der Waals surface area contributed by atoms with Crippen LogP contribution in [0.15, 0.2) is 42.5 Å². The normalized spacial score (nSPS) is 10.2. The van der Waals surface area contributed by atoms with Gasteiger partial charge in [0.2, 0.25) is 0 Å². The van der Waals surface area contributed by atoms with E-state index >= 15 is 0 Å². The van der Waals surface area contributed by atoms with Crippen LogP contribution >= 0.6 is 0 Å². The van der Waals surface area contributed by atoms with Gasteiger partial charge in [0.05, 0.1) is 7.11 Å². The van der Waals surface area contributed by atoms with E-state index in [0.717, 1.165) is 5.56 Å². The molecule has 0 aliphatic carbocycles. The molecule has 0 saturated heterocycles. The maximum atomic E-state index is 13.5. The monoisotopic (exact) mass is 274 g/mol. The van der Waals surface area contributed by atoms with Crippen LogP contribution in [0, 0.1) is 5.82 Å². The minimum Gasteiger partial charge on any atom is -0.494 e. The molecule has 104 valence electrons. The van der Waals surface area contributed by atoms with E-state index in [2.05, 4.69) is 5.32 Å². The number of hydrogen-bond donors (Lipinski definition) is 2. The highest BCUT2D eigenvalue weighted by Gasteiger charge is 2.08. The summed E-state index contributed by atoms with van der Waals surface area (Å²) >= 11 is 0. The van der Waals surface area contributed by atoms with Gasteiger partial charge in [-0.05, 0) is 29.8 Å². The van der Waals surface area contributed by atoms with Crippen LogP contribution in [0.25, 0.3) is 0 Å². The fourth-order valence-electron chi connectivity index (χ4n) is 1.74. The van der Waals surface area contributed by atoms with Crippen molar-refractivity contribution < 1.29 is 13.9 Å². The Balaban J connectivity index is 2.12. The largest absolute Gasteiger partial charge is 0.494 e. The molecule has 3 N–H and O–H groups in total. The van der Waals surface area contributed by atoms with Gasteiger partial charge in [-0.2, -0.15) is 0 Å². The second-order valence-corrected chi connectivity index (χ2v) is 4.20. The molecule has 0 heterocycles. The third-order valence-corrected chi connectivity index (χ3v) is 2.86. The number of amides is 1. The maximum absolute atomic E-state index is 13.5. The van der Waals surface area contributed by atoms with Crippen molar-refractivity contribution in [3.8, 4) is 5.75 Å². The van der Waals surface area contributed by atoms with Gasteiger partial charge in [0, 0.05) is 23.9 Å². The summed E-state index contributed by atoms with van der Waals surface area (Å²) in [5.41, 5.74) is 7.29. The van der Waals surface area contributed by atoms with Gasteiger partial charge in [-0.1, -0.05) is 12.1 Å². The van der Waals surface area contributed by atoms with Gasteiger partial charge >= 0.3 is 0 Å². The zero-order valence-corrected chi connectivity index (χ0v) is 11.0. The zero-order chi connectivity index (χ0) is 14.5. The predicted molar refractivity (Wildman–Crippen MR) is 75.2 cm³/mol. The summed E-state index contributed by atoms with van der Waals surface area (Å²) in [5, 5.41) is 2.62. The number of nitrogens with two attached hydrogens (primary N) is 1. The van der Waals surface area contributed by atoms with Crippen LogP contribution in [0.1, 0.15) is 15.9 Å². The SMILES string of the molecule is COc1ccc(NC(=O)c2ccc(CN)cc2)cc1F. The number of anilines is 1. The molecule has 5 heteroatoms. The number of methoxy groups -OCH3 is 1. The molecule has 1 amide bonds. The first-order valence-electron chi connectivity index (χ1n) is 6.08. The van der Waals surface area contributed by atoms with Crippen molar-refractivity contribution in [1.29, 1.82) is 0 Å². The number of benzene rings is 2. The van der Waals surface area contributed by atoms with E-state index in [4.69, 9.17) is 10.5 Å². The zero-order valence-electron chi connectivity index (χ0n) is 11.0. The lowest BCUT2D eigenvalue weighted by Gasteiger charge is -2.08. The van der Waals surface area contributed by atoms with Gasteiger partial charge < -0.3 is 15.8 Å². The van der Waals surface area contributed by atoms with Crippen molar-refractivity contribution >= 4 is 11.6 Å². The summed E-state index contributed by atoms with van der Waals surface area (Å²) in [7, 11) is 1.38. The van der Waals surface area contributed by atoms with Crippen molar-refractivity contribution in [1.82, 2.24) is 0 Å². The molecule has 2 aromatic rings. The predicted octanol–water partition coefficient (Wildman–Crippen LogP) is 2.55. The Morgan fingerprint density at radius 2 is 1.95 bits per heavy atom. The average Bonchev–Trinajstić information content (AvgIpc) is 2.47. The molecular weight excluding hydrogens is 259 g/mol. The third kappa shape index (κ3) is 3.13. The van der Waals surface area contributed by atoms with Gasteiger partial charge in [-0.25, -0.2) is 4.39 Å². The topological polar surface area (TPSA) is 64.3 Å². The smallest absolute Gasteiger partial charge is 0.255 e. The molecule has 0 unspecified atom stereocenters. The highest BCUT2D eigenvalue weighted by molar-refractivity contribution is 6.04. The second-order valence-electron chi connectivity index (χ2n) is 4.20. The van der Waals surface area contributed by atoms with Crippen molar-refractivity contribution in [2.45, 2.75) is 6.54 Å². The molecule has 0 aromatic heterocycles.